The summed E-state index contributed by atoms with van der Waals surface area (Å²) in [6, 6.07) is 2.41. The molecule has 0 heterocycles. The van der Waals surface area contributed by atoms with Crippen LogP contribution in [0.25, 0.3) is 0 Å². The molecule has 1 aliphatic rings. The molecule has 1 amide bonds. The van der Waals surface area contributed by atoms with E-state index >= 15 is 0 Å². The van der Waals surface area contributed by atoms with Gasteiger partial charge in [-0.1, -0.05) is 0 Å². The minimum Gasteiger partial charge on any atom is -0.443 e. The van der Waals surface area contributed by atoms with Crippen molar-refractivity contribution < 1.29 is 9.53 Å². The molecule has 90 valence electrons. The Balaban J connectivity index is 2.21. The number of ether oxygens (including phenoxy) is 1. The Morgan fingerprint density at radius 1 is 1.44 bits per heavy atom. The molecule has 0 aliphatic heterocycles. The van der Waals surface area contributed by atoms with Crippen molar-refractivity contribution in [3.8, 4) is 6.07 Å². The molecule has 16 heavy (non-hydrogen) atoms. The van der Waals surface area contributed by atoms with E-state index in [2.05, 4.69) is 16.9 Å². The van der Waals surface area contributed by atoms with Crippen LogP contribution < -0.4 is 10.9 Å². The summed E-state index contributed by atoms with van der Waals surface area (Å²) in [5.41, 5.74) is 4.91. The molecule has 1 fully saturated rings. The summed E-state index contributed by atoms with van der Waals surface area (Å²) < 4.78 is 5.07. The first-order valence-electron chi connectivity index (χ1n) is 5.55. The van der Waals surface area contributed by atoms with Crippen molar-refractivity contribution in [1.82, 2.24) is 10.9 Å². The van der Waals surface area contributed by atoms with E-state index in [1.54, 1.807) is 0 Å². The Kier molecular flexibility index (Phi) is 4.13. The quantitative estimate of drug-likeness (QED) is 0.701. The number of hydrogen-bond donors (Lipinski definition) is 2. The van der Waals surface area contributed by atoms with Gasteiger partial charge in [0.05, 0.1) is 6.07 Å². The number of carbonyl (C=O) groups is 1. The smallest absolute Gasteiger partial charge is 0.422 e. The number of nitrogens with one attached hydrogen (secondary N) is 2. The second-order valence-corrected chi connectivity index (χ2v) is 5.11. The predicted molar refractivity (Wildman–Crippen MR) is 59.2 cm³/mol. The predicted octanol–water partition coefficient (Wildman–Crippen LogP) is 1.71. The van der Waals surface area contributed by atoms with Crippen LogP contribution in [0.1, 0.15) is 40.0 Å². The van der Waals surface area contributed by atoms with E-state index < -0.39 is 11.7 Å². The van der Waals surface area contributed by atoms with E-state index in [4.69, 9.17) is 10.00 Å². The van der Waals surface area contributed by atoms with Crippen molar-refractivity contribution in [3.63, 3.8) is 0 Å². The molecule has 0 aromatic heterocycles. The maximum Gasteiger partial charge on any atom is 0.422 e. The number of nitriles is 1. The molecule has 0 aromatic carbocycles. The lowest BCUT2D eigenvalue weighted by Gasteiger charge is -2.21. The number of nitrogens with zero attached hydrogens (tertiary/aromatic N) is 1. The van der Waals surface area contributed by atoms with Gasteiger partial charge in [0.25, 0.3) is 0 Å². The molecule has 5 heteroatoms. The summed E-state index contributed by atoms with van der Waals surface area (Å²) in [7, 11) is 0. The number of hydrazine groups is 1. The van der Waals surface area contributed by atoms with Gasteiger partial charge in [-0.3, -0.25) is 5.43 Å². The molecule has 0 radical (unpaired) electrons. The molecule has 0 bridgehead atoms. The highest BCUT2D eigenvalue weighted by atomic mass is 16.6. The summed E-state index contributed by atoms with van der Waals surface area (Å²) in [5, 5.41) is 8.72. The number of rotatable bonds is 2. The lowest BCUT2D eigenvalue weighted by atomic mass is 10.1. The van der Waals surface area contributed by atoms with E-state index in [1.807, 2.05) is 20.8 Å². The monoisotopic (exact) mass is 225 g/mol. The van der Waals surface area contributed by atoms with Gasteiger partial charge in [0.2, 0.25) is 0 Å². The molecular formula is C11H19N3O2. The van der Waals surface area contributed by atoms with Crippen LogP contribution in [-0.4, -0.2) is 17.7 Å². The highest BCUT2D eigenvalue weighted by Crippen LogP contribution is 2.24. The first-order valence-corrected chi connectivity index (χ1v) is 5.55. The number of amides is 1. The molecule has 5 nitrogen and oxygen atoms in total. The third kappa shape index (κ3) is 4.49. The van der Waals surface area contributed by atoms with Crippen LogP contribution in [0, 0.1) is 17.2 Å². The van der Waals surface area contributed by atoms with Gasteiger partial charge in [0, 0.05) is 12.0 Å². The van der Waals surface area contributed by atoms with E-state index in [9.17, 15) is 4.79 Å². The van der Waals surface area contributed by atoms with Crippen LogP contribution in [0.15, 0.2) is 0 Å². The summed E-state index contributed by atoms with van der Waals surface area (Å²) in [4.78, 5) is 11.3. The van der Waals surface area contributed by atoms with Crippen molar-refractivity contribution in [2.24, 2.45) is 5.92 Å². The standard InChI is InChI=1S/C11H19N3O2/c1-11(2,3)16-10(15)14-13-9-5-4-8(6-9)7-12/h8-9,13H,4-6H2,1-3H3,(H,14,15). The van der Waals surface area contributed by atoms with Crippen LogP contribution in [0.5, 0.6) is 0 Å². The van der Waals surface area contributed by atoms with Crippen molar-refractivity contribution in [1.29, 1.82) is 5.26 Å². The Morgan fingerprint density at radius 2 is 2.12 bits per heavy atom. The van der Waals surface area contributed by atoms with Crippen LogP contribution >= 0.6 is 0 Å². The average molecular weight is 225 g/mol. The van der Waals surface area contributed by atoms with Crippen molar-refractivity contribution in [3.05, 3.63) is 0 Å². The van der Waals surface area contributed by atoms with E-state index in [-0.39, 0.29) is 12.0 Å². The topological polar surface area (TPSA) is 74.2 Å². The Hall–Kier alpha value is -1.28. The van der Waals surface area contributed by atoms with Crippen molar-refractivity contribution in [2.75, 3.05) is 0 Å². The lowest BCUT2D eigenvalue weighted by molar-refractivity contribution is 0.0488. The average Bonchev–Trinajstić information content (AvgIpc) is 2.59. The molecule has 0 aromatic rings. The summed E-state index contributed by atoms with van der Waals surface area (Å²) in [6.45, 7) is 5.44. The fraction of sp³-hybridized carbons (Fsp3) is 0.818. The number of hydrogen-bond acceptors (Lipinski definition) is 4. The molecule has 0 saturated heterocycles. The normalized spacial score (nSPS) is 24.9. The summed E-state index contributed by atoms with van der Waals surface area (Å²) in [6.07, 6.45) is 2.11. The second-order valence-electron chi connectivity index (χ2n) is 5.11. The minimum absolute atomic E-state index is 0.109. The van der Waals surface area contributed by atoms with E-state index in [0.29, 0.717) is 0 Å². The van der Waals surface area contributed by atoms with Crippen molar-refractivity contribution in [2.45, 2.75) is 51.7 Å². The van der Waals surface area contributed by atoms with E-state index in [0.717, 1.165) is 19.3 Å². The van der Waals surface area contributed by atoms with Crippen molar-refractivity contribution >= 4 is 6.09 Å². The Bertz CT molecular complexity index is 291. The Morgan fingerprint density at radius 3 is 2.62 bits per heavy atom. The minimum atomic E-state index is -0.489. The SMILES string of the molecule is CC(C)(C)OC(=O)NNC1CCC(C#N)C1. The van der Waals surface area contributed by atoms with E-state index in [1.165, 1.54) is 0 Å². The van der Waals surface area contributed by atoms with Gasteiger partial charge in [0.15, 0.2) is 0 Å². The highest BCUT2D eigenvalue weighted by molar-refractivity contribution is 5.67. The molecule has 2 N–H and O–H groups in total. The van der Waals surface area contributed by atoms with Gasteiger partial charge in [-0.2, -0.15) is 5.26 Å². The maximum absolute atomic E-state index is 11.3. The molecule has 2 atom stereocenters. The lowest BCUT2D eigenvalue weighted by Crippen LogP contribution is -2.45. The van der Waals surface area contributed by atoms with Gasteiger partial charge in [-0.25, -0.2) is 10.2 Å². The van der Waals surface area contributed by atoms with Gasteiger partial charge >= 0.3 is 6.09 Å². The van der Waals surface area contributed by atoms with Crippen LogP contribution in [-0.2, 0) is 4.74 Å². The van der Waals surface area contributed by atoms with Gasteiger partial charge in [-0.15, -0.1) is 0 Å². The molecule has 1 rings (SSSR count). The zero-order valence-electron chi connectivity index (χ0n) is 10.0. The highest BCUT2D eigenvalue weighted by Gasteiger charge is 2.25. The third-order valence-electron chi connectivity index (χ3n) is 2.39. The van der Waals surface area contributed by atoms with Crippen LogP contribution in [0.3, 0.4) is 0 Å². The molecule has 1 saturated carbocycles. The van der Waals surface area contributed by atoms with Crippen LogP contribution in [0.2, 0.25) is 0 Å². The first-order chi connectivity index (χ1) is 7.40. The molecule has 1 aliphatic carbocycles. The van der Waals surface area contributed by atoms with Gasteiger partial charge < -0.3 is 4.74 Å². The largest absolute Gasteiger partial charge is 0.443 e. The fourth-order valence-electron chi connectivity index (χ4n) is 1.69. The number of carbonyl (C=O) groups excluding carboxylic acids is 1. The Labute approximate surface area is 96.1 Å². The summed E-state index contributed by atoms with van der Waals surface area (Å²) >= 11 is 0. The maximum atomic E-state index is 11.3. The molecular weight excluding hydrogens is 206 g/mol. The zero-order chi connectivity index (χ0) is 12.2. The molecule has 0 spiro atoms. The van der Waals surface area contributed by atoms with Crippen LogP contribution in [0.4, 0.5) is 4.79 Å². The first kappa shape index (κ1) is 12.8. The van der Waals surface area contributed by atoms with Gasteiger partial charge in [0.1, 0.15) is 5.60 Å². The fourth-order valence-corrected chi connectivity index (χ4v) is 1.69. The third-order valence-corrected chi connectivity index (χ3v) is 2.39. The van der Waals surface area contributed by atoms with Gasteiger partial charge in [-0.05, 0) is 40.0 Å². The molecule has 2 unspecified atom stereocenters. The zero-order valence-corrected chi connectivity index (χ0v) is 10.0. The summed E-state index contributed by atoms with van der Waals surface area (Å²) in [5.74, 6) is 0.109. The second kappa shape index (κ2) is 5.17.